The largest absolute Gasteiger partial charge is 0.416 e. The van der Waals surface area contributed by atoms with E-state index in [9.17, 15) is 21.6 Å². The van der Waals surface area contributed by atoms with Gasteiger partial charge in [-0.05, 0) is 36.6 Å². The zero-order valence-corrected chi connectivity index (χ0v) is 11.1. The maximum absolute atomic E-state index is 12.9. The fourth-order valence-corrected chi connectivity index (χ4v) is 2.31. The SMILES string of the molecule is COCCc1c(C)cc(S(=O)(=O)O)cc1C(F)(F)F. The van der Waals surface area contributed by atoms with Crippen LogP contribution in [0, 0.1) is 6.92 Å². The molecule has 0 fully saturated rings. The number of alkyl halides is 3. The van der Waals surface area contributed by atoms with E-state index in [0.717, 1.165) is 6.07 Å². The Morgan fingerprint density at radius 2 is 1.89 bits per heavy atom. The molecule has 4 nitrogen and oxygen atoms in total. The molecule has 1 aromatic carbocycles. The fourth-order valence-electron chi connectivity index (χ4n) is 1.72. The number of halogens is 3. The summed E-state index contributed by atoms with van der Waals surface area (Å²) in [5.41, 5.74) is -0.974. The molecular weight excluding hydrogens is 285 g/mol. The van der Waals surface area contributed by atoms with Crippen LogP contribution < -0.4 is 0 Å². The van der Waals surface area contributed by atoms with E-state index in [1.54, 1.807) is 0 Å². The maximum atomic E-state index is 12.9. The first kappa shape index (κ1) is 15.9. The first-order valence-electron chi connectivity index (χ1n) is 5.24. The van der Waals surface area contributed by atoms with Crippen LogP contribution in [0.5, 0.6) is 0 Å². The number of hydrogen-bond donors (Lipinski definition) is 1. The van der Waals surface area contributed by atoms with E-state index in [1.807, 2.05) is 0 Å². The summed E-state index contributed by atoms with van der Waals surface area (Å²) in [6.45, 7) is 1.43. The molecule has 19 heavy (non-hydrogen) atoms. The highest BCUT2D eigenvalue weighted by Crippen LogP contribution is 2.35. The Hall–Kier alpha value is -1.12. The van der Waals surface area contributed by atoms with Crippen molar-refractivity contribution in [2.45, 2.75) is 24.4 Å². The number of hydrogen-bond acceptors (Lipinski definition) is 3. The van der Waals surface area contributed by atoms with Gasteiger partial charge in [0.05, 0.1) is 17.1 Å². The molecular formula is C11H13F3O4S. The van der Waals surface area contributed by atoms with E-state index in [2.05, 4.69) is 0 Å². The van der Waals surface area contributed by atoms with Crippen molar-refractivity contribution in [3.8, 4) is 0 Å². The molecule has 0 aliphatic rings. The van der Waals surface area contributed by atoms with Crippen molar-refractivity contribution in [3.63, 3.8) is 0 Å². The molecule has 1 aromatic rings. The number of methoxy groups -OCH3 is 1. The molecule has 0 aromatic heterocycles. The lowest BCUT2D eigenvalue weighted by atomic mass is 9.99. The minimum atomic E-state index is -4.70. The average Bonchev–Trinajstić information content (AvgIpc) is 2.23. The third kappa shape index (κ3) is 3.92. The highest BCUT2D eigenvalue weighted by molar-refractivity contribution is 7.85. The highest BCUT2D eigenvalue weighted by Gasteiger charge is 2.35. The third-order valence-electron chi connectivity index (χ3n) is 2.61. The molecule has 0 unspecified atom stereocenters. The van der Waals surface area contributed by atoms with Crippen molar-refractivity contribution >= 4 is 10.1 Å². The van der Waals surface area contributed by atoms with E-state index in [1.165, 1.54) is 14.0 Å². The summed E-state index contributed by atoms with van der Waals surface area (Å²) in [4.78, 5) is -0.765. The van der Waals surface area contributed by atoms with Crippen LogP contribution in [0.15, 0.2) is 17.0 Å². The molecule has 0 aliphatic heterocycles. The van der Waals surface area contributed by atoms with Gasteiger partial charge in [-0.25, -0.2) is 0 Å². The third-order valence-corrected chi connectivity index (χ3v) is 3.44. The number of rotatable bonds is 4. The monoisotopic (exact) mass is 298 g/mol. The van der Waals surface area contributed by atoms with E-state index < -0.39 is 26.8 Å². The molecule has 108 valence electrons. The summed E-state index contributed by atoms with van der Waals surface area (Å²) in [7, 11) is -3.32. The highest BCUT2D eigenvalue weighted by atomic mass is 32.2. The summed E-state index contributed by atoms with van der Waals surface area (Å²) in [6.07, 6.45) is -4.70. The van der Waals surface area contributed by atoms with Crippen LogP contribution in [0.4, 0.5) is 13.2 Å². The van der Waals surface area contributed by atoms with Gasteiger partial charge in [-0.1, -0.05) is 0 Å². The molecule has 0 bridgehead atoms. The second kappa shape index (κ2) is 5.48. The predicted octanol–water partition coefficient (Wildman–Crippen LogP) is 2.45. The van der Waals surface area contributed by atoms with E-state index >= 15 is 0 Å². The van der Waals surface area contributed by atoms with Crippen molar-refractivity contribution < 1.29 is 30.9 Å². The van der Waals surface area contributed by atoms with Crippen molar-refractivity contribution in [1.29, 1.82) is 0 Å². The lowest BCUT2D eigenvalue weighted by Gasteiger charge is -2.16. The Bertz CT molecular complexity index is 564. The lowest BCUT2D eigenvalue weighted by molar-refractivity contribution is -0.138. The van der Waals surface area contributed by atoms with Gasteiger partial charge in [-0.2, -0.15) is 21.6 Å². The molecule has 0 saturated carbocycles. The maximum Gasteiger partial charge on any atom is 0.416 e. The van der Waals surface area contributed by atoms with Gasteiger partial charge in [0.2, 0.25) is 0 Å². The standard InChI is InChI=1S/C11H13F3O4S/c1-7-5-8(19(15,16)17)6-10(11(12,13)14)9(7)3-4-18-2/h5-6H,3-4H2,1-2H3,(H,15,16,17). The summed E-state index contributed by atoms with van der Waals surface area (Å²) < 4.78 is 74.2. The molecule has 1 rings (SSSR count). The number of ether oxygens (including phenoxy) is 1. The van der Waals surface area contributed by atoms with Gasteiger partial charge in [0.25, 0.3) is 10.1 Å². The summed E-state index contributed by atoms with van der Waals surface area (Å²) in [5.74, 6) is 0. The van der Waals surface area contributed by atoms with Crippen LogP contribution in [-0.2, 0) is 27.5 Å². The summed E-state index contributed by atoms with van der Waals surface area (Å²) in [5, 5.41) is 0. The molecule has 0 amide bonds. The van der Waals surface area contributed by atoms with Crippen LogP contribution in [0.2, 0.25) is 0 Å². The molecule has 0 saturated heterocycles. The molecule has 8 heteroatoms. The van der Waals surface area contributed by atoms with Gasteiger partial charge in [0.1, 0.15) is 0 Å². The predicted molar refractivity (Wildman–Crippen MR) is 61.6 cm³/mol. The number of aryl methyl sites for hydroxylation is 1. The molecule has 1 N–H and O–H groups in total. The van der Waals surface area contributed by atoms with E-state index in [4.69, 9.17) is 9.29 Å². The summed E-state index contributed by atoms with van der Waals surface area (Å²) >= 11 is 0. The van der Waals surface area contributed by atoms with Gasteiger partial charge in [-0.3, -0.25) is 4.55 Å². The van der Waals surface area contributed by atoms with Crippen LogP contribution in [-0.4, -0.2) is 26.7 Å². The first-order valence-corrected chi connectivity index (χ1v) is 6.68. The number of benzene rings is 1. The normalized spacial score (nSPS) is 12.7. The Kier molecular flexibility index (Phi) is 4.59. The molecule has 0 aliphatic carbocycles. The van der Waals surface area contributed by atoms with Gasteiger partial charge in [0.15, 0.2) is 0 Å². The Balaban J connectivity index is 3.48. The topological polar surface area (TPSA) is 63.6 Å². The van der Waals surface area contributed by atoms with Crippen LogP contribution in [0.3, 0.4) is 0 Å². The van der Waals surface area contributed by atoms with Gasteiger partial charge >= 0.3 is 6.18 Å². The van der Waals surface area contributed by atoms with Gasteiger partial charge < -0.3 is 4.74 Å². The quantitative estimate of drug-likeness (QED) is 0.867. The van der Waals surface area contributed by atoms with Crippen molar-refractivity contribution in [1.82, 2.24) is 0 Å². The Morgan fingerprint density at radius 3 is 2.32 bits per heavy atom. The minimum absolute atomic E-state index is 0.00291. The van der Waals surface area contributed by atoms with Crippen LogP contribution in [0.25, 0.3) is 0 Å². The zero-order valence-electron chi connectivity index (χ0n) is 10.3. The van der Waals surface area contributed by atoms with Crippen LogP contribution in [0.1, 0.15) is 16.7 Å². The second-order valence-electron chi connectivity index (χ2n) is 3.98. The Labute approximate surface area is 108 Å². The van der Waals surface area contributed by atoms with Crippen molar-refractivity contribution in [2.75, 3.05) is 13.7 Å². The molecule has 0 heterocycles. The van der Waals surface area contributed by atoms with Crippen molar-refractivity contribution in [3.05, 3.63) is 28.8 Å². The molecule has 0 spiro atoms. The fraction of sp³-hybridized carbons (Fsp3) is 0.455. The van der Waals surface area contributed by atoms with Crippen LogP contribution >= 0.6 is 0 Å². The second-order valence-corrected chi connectivity index (χ2v) is 5.40. The Morgan fingerprint density at radius 1 is 1.32 bits per heavy atom. The first-order chi connectivity index (χ1) is 8.57. The summed E-state index contributed by atoms with van der Waals surface area (Å²) in [6, 6.07) is 1.45. The lowest BCUT2D eigenvalue weighted by Crippen LogP contribution is -2.14. The molecule has 0 radical (unpaired) electrons. The van der Waals surface area contributed by atoms with E-state index in [0.29, 0.717) is 6.07 Å². The van der Waals surface area contributed by atoms with Gasteiger partial charge in [0, 0.05) is 7.11 Å². The average molecular weight is 298 g/mol. The van der Waals surface area contributed by atoms with Crippen molar-refractivity contribution in [2.24, 2.45) is 0 Å². The van der Waals surface area contributed by atoms with Gasteiger partial charge in [-0.15, -0.1) is 0 Å². The van der Waals surface area contributed by atoms with E-state index in [-0.39, 0.29) is 24.2 Å². The zero-order chi connectivity index (χ0) is 14.8. The molecule has 0 atom stereocenters. The minimum Gasteiger partial charge on any atom is -0.384 e. The smallest absolute Gasteiger partial charge is 0.384 e.